The van der Waals surface area contributed by atoms with Gasteiger partial charge >= 0.3 is 11.9 Å². The Kier molecular flexibility index (Phi) is 7.61. The number of nitrogens with two attached hydrogens (primary N) is 1. The van der Waals surface area contributed by atoms with Crippen molar-refractivity contribution < 1.29 is 29.4 Å². The number of aromatic carboxylic acids is 1. The maximum atomic E-state index is 12.4. The van der Waals surface area contributed by atoms with Crippen LogP contribution in [0.15, 0.2) is 42.7 Å². The van der Waals surface area contributed by atoms with Gasteiger partial charge in [-0.15, -0.1) is 0 Å². The monoisotopic (exact) mass is 428 g/mol. The molecule has 1 atom stereocenters. The maximum Gasteiger partial charge on any atom is 0.335 e. The van der Waals surface area contributed by atoms with Crippen LogP contribution in [0.4, 0.5) is 5.69 Å². The fraction of sp³-hybridized carbons (Fsp3) is 0.158. The van der Waals surface area contributed by atoms with Gasteiger partial charge in [-0.25, -0.2) is 4.79 Å². The number of nitrogens with zero attached hydrogens (tertiary/aromatic N) is 1. The van der Waals surface area contributed by atoms with Gasteiger partial charge in [0.1, 0.15) is 0 Å². The SMILES string of the molecule is N=C(N)Nc1cc(C(=O)O)cc(C(=O)NCC(=O)NC(CC(=O)O)c2cccnc2)c1. The lowest BCUT2D eigenvalue weighted by atomic mass is 10.1. The smallest absolute Gasteiger partial charge is 0.335 e. The van der Waals surface area contributed by atoms with Gasteiger partial charge in [0.2, 0.25) is 5.91 Å². The summed E-state index contributed by atoms with van der Waals surface area (Å²) < 4.78 is 0. The highest BCUT2D eigenvalue weighted by molar-refractivity contribution is 6.01. The van der Waals surface area contributed by atoms with Gasteiger partial charge in [0.05, 0.1) is 24.6 Å². The Balaban J connectivity index is 2.07. The molecule has 0 radical (unpaired) electrons. The first-order valence-corrected chi connectivity index (χ1v) is 8.84. The predicted octanol–water partition coefficient (Wildman–Crippen LogP) is 0.147. The number of hydrogen-bond acceptors (Lipinski definition) is 6. The van der Waals surface area contributed by atoms with E-state index in [1.54, 1.807) is 12.1 Å². The normalized spacial score (nSPS) is 11.1. The molecule has 8 N–H and O–H groups in total. The fourth-order valence-electron chi connectivity index (χ4n) is 2.63. The van der Waals surface area contributed by atoms with Crippen molar-refractivity contribution in [2.24, 2.45) is 5.73 Å². The fourth-order valence-corrected chi connectivity index (χ4v) is 2.63. The summed E-state index contributed by atoms with van der Waals surface area (Å²) in [6, 6.07) is 5.92. The highest BCUT2D eigenvalue weighted by Crippen LogP contribution is 2.16. The number of carboxylic acids is 2. The molecule has 12 heteroatoms. The first-order chi connectivity index (χ1) is 14.7. The number of hydrogen-bond donors (Lipinski definition) is 7. The van der Waals surface area contributed by atoms with E-state index in [1.165, 1.54) is 24.5 Å². The van der Waals surface area contributed by atoms with Crippen LogP contribution in [-0.2, 0) is 9.59 Å². The molecule has 0 bridgehead atoms. The Bertz CT molecular complexity index is 1010. The van der Waals surface area contributed by atoms with Crippen LogP contribution in [0.2, 0.25) is 0 Å². The number of nitrogens with one attached hydrogen (secondary N) is 4. The molecular formula is C19H20N6O6. The summed E-state index contributed by atoms with van der Waals surface area (Å²) >= 11 is 0. The zero-order chi connectivity index (χ0) is 23.0. The maximum absolute atomic E-state index is 12.4. The summed E-state index contributed by atoms with van der Waals surface area (Å²) in [7, 11) is 0. The minimum Gasteiger partial charge on any atom is -0.481 e. The average molecular weight is 428 g/mol. The van der Waals surface area contributed by atoms with Gasteiger partial charge in [-0.1, -0.05) is 6.07 Å². The summed E-state index contributed by atoms with van der Waals surface area (Å²) in [5.41, 5.74) is 5.52. The number of benzene rings is 1. The Morgan fingerprint density at radius 3 is 2.42 bits per heavy atom. The van der Waals surface area contributed by atoms with Crippen molar-refractivity contribution in [2.45, 2.75) is 12.5 Å². The topological polar surface area (TPSA) is 208 Å². The molecule has 1 unspecified atom stereocenters. The first kappa shape index (κ1) is 22.8. The number of rotatable bonds is 9. The molecule has 0 aliphatic heterocycles. The van der Waals surface area contributed by atoms with E-state index >= 15 is 0 Å². The minimum absolute atomic E-state index is 0.0780. The van der Waals surface area contributed by atoms with E-state index < -0.39 is 42.3 Å². The Morgan fingerprint density at radius 1 is 1.13 bits per heavy atom. The Hall–Kier alpha value is -4.48. The molecule has 1 aromatic carbocycles. The van der Waals surface area contributed by atoms with E-state index in [1.807, 2.05) is 0 Å². The Morgan fingerprint density at radius 2 is 1.84 bits per heavy atom. The van der Waals surface area contributed by atoms with E-state index in [9.17, 15) is 24.3 Å². The summed E-state index contributed by atoms with van der Waals surface area (Å²) in [5, 5.41) is 32.7. The summed E-state index contributed by atoms with van der Waals surface area (Å²) in [6.45, 7) is -0.484. The number of amides is 2. The van der Waals surface area contributed by atoms with Crippen molar-refractivity contribution in [1.29, 1.82) is 5.41 Å². The second-order valence-electron chi connectivity index (χ2n) is 6.33. The summed E-state index contributed by atoms with van der Waals surface area (Å²) in [4.78, 5) is 50.9. The van der Waals surface area contributed by atoms with Crippen LogP contribution in [0.5, 0.6) is 0 Å². The van der Waals surface area contributed by atoms with Gasteiger partial charge in [0.15, 0.2) is 5.96 Å². The third kappa shape index (κ3) is 7.12. The number of carboxylic acid groups (broad SMARTS) is 2. The van der Waals surface area contributed by atoms with Crippen LogP contribution >= 0.6 is 0 Å². The second kappa shape index (κ2) is 10.3. The lowest BCUT2D eigenvalue weighted by Crippen LogP contribution is -2.39. The van der Waals surface area contributed by atoms with Crippen LogP contribution in [-0.4, -0.2) is 51.5 Å². The van der Waals surface area contributed by atoms with E-state index in [2.05, 4.69) is 20.9 Å². The van der Waals surface area contributed by atoms with Crippen molar-refractivity contribution in [3.8, 4) is 0 Å². The number of carbonyl (C=O) groups is 4. The molecule has 2 aromatic rings. The van der Waals surface area contributed by atoms with Crippen molar-refractivity contribution in [3.05, 3.63) is 59.4 Å². The molecule has 1 aromatic heterocycles. The highest BCUT2D eigenvalue weighted by Gasteiger charge is 2.19. The van der Waals surface area contributed by atoms with Crippen molar-refractivity contribution in [3.63, 3.8) is 0 Å². The highest BCUT2D eigenvalue weighted by atomic mass is 16.4. The van der Waals surface area contributed by atoms with Crippen LogP contribution in [0.1, 0.15) is 38.7 Å². The van der Waals surface area contributed by atoms with Crippen LogP contribution in [0.25, 0.3) is 0 Å². The lowest BCUT2D eigenvalue weighted by Gasteiger charge is -2.17. The number of guanidine groups is 1. The van der Waals surface area contributed by atoms with E-state index in [0.717, 1.165) is 6.07 Å². The molecule has 1 heterocycles. The van der Waals surface area contributed by atoms with Crippen molar-refractivity contribution >= 4 is 35.4 Å². The molecule has 12 nitrogen and oxygen atoms in total. The van der Waals surface area contributed by atoms with Crippen molar-refractivity contribution in [2.75, 3.05) is 11.9 Å². The van der Waals surface area contributed by atoms with Crippen LogP contribution in [0, 0.1) is 5.41 Å². The standard InChI is InChI=1S/C19H20N6O6/c20-19(21)24-13-5-11(4-12(6-13)18(30)31)17(29)23-9-15(26)25-14(7-16(27)28)10-2-1-3-22-8-10/h1-6,8,14H,7,9H2,(H,23,29)(H,25,26)(H,27,28)(H,30,31)(H4,20,21,24). The Labute approximate surface area is 176 Å². The van der Waals surface area contributed by atoms with Gasteiger partial charge in [0, 0.05) is 23.6 Å². The number of pyridine rings is 1. The van der Waals surface area contributed by atoms with E-state index in [0.29, 0.717) is 5.56 Å². The van der Waals surface area contributed by atoms with Gasteiger partial charge in [0.25, 0.3) is 5.91 Å². The molecule has 0 spiro atoms. The average Bonchev–Trinajstić information content (AvgIpc) is 2.71. The third-order valence-corrected chi connectivity index (χ3v) is 3.93. The lowest BCUT2D eigenvalue weighted by molar-refractivity contribution is -0.137. The minimum atomic E-state index is -1.30. The molecule has 2 amide bonds. The third-order valence-electron chi connectivity index (χ3n) is 3.93. The van der Waals surface area contributed by atoms with Crippen LogP contribution < -0.4 is 21.7 Å². The zero-order valence-electron chi connectivity index (χ0n) is 16.1. The molecule has 0 fully saturated rings. The molecule has 31 heavy (non-hydrogen) atoms. The van der Waals surface area contributed by atoms with Gasteiger partial charge < -0.3 is 31.9 Å². The molecule has 0 saturated heterocycles. The molecule has 0 aliphatic rings. The molecule has 0 saturated carbocycles. The molecular weight excluding hydrogens is 408 g/mol. The quantitative estimate of drug-likeness (QED) is 0.214. The van der Waals surface area contributed by atoms with Gasteiger partial charge in [-0.3, -0.25) is 24.8 Å². The van der Waals surface area contributed by atoms with Crippen molar-refractivity contribution in [1.82, 2.24) is 15.6 Å². The first-order valence-electron chi connectivity index (χ1n) is 8.84. The number of anilines is 1. The number of aromatic nitrogens is 1. The molecule has 162 valence electrons. The summed E-state index contributed by atoms with van der Waals surface area (Å²) in [5.74, 6) is -4.28. The van der Waals surface area contributed by atoms with Gasteiger partial charge in [-0.05, 0) is 29.8 Å². The van der Waals surface area contributed by atoms with Crippen LogP contribution in [0.3, 0.4) is 0 Å². The zero-order valence-corrected chi connectivity index (χ0v) is 16.1. The molecule has 2 rings (SSSR count). The predicted molar refractivity (Wildman–Crippen MR) is 109 cm³/mol. The number of carbonyl (C=O) groups excluding carboxylic acids is 2. The van der Waals surface area contributed by atoms with E-state index in [4.69, 9.17) is 16.2 Å². The second-order valence-corrected chi connectivity index (χ2v) is 6.33. The molecule has 0 aliphatic carbocycles. The van der Waals surface area contributed by atoms with Gasteiger partial charge in [-0.2, -0.15) is 0 Å². The largest absolute Gasteiger partial charge is 0.481 e. The summed E-state index contributed by atoms with van der Waals surface area (Å²) in [6.07, 6.45) is 2.55. The van der Waals surface area contributed by atoms with E-state index in [-0.39, 0.29) is 23.2 Å². The number of aliphatic carboxylic acids is 1.